The summed E-state index contributed by atoms with van der Waals surface area (Å²) in [6, 6.07) is 7.21. The third-order valence-electron chi connectivity index (χ3n) is 2.12. The molecule has 0 fully saturated rings. The van der Waals surface area contributed by atoms with Crippen molar-refractivity contribution in [2.45, 2.75) is 0 Å². The molecule has 2 aromatic rings. The van der Waals surface area contributed by atoms with Crippen LogP contribution in [0, 0.1) is 3.57 Å². The lowest BCUT2D eigenvalue weighted by atomic mass is 10.2. The van der Waals surface area contributed by atoms with Crippen molar-refractivity contribution in [2.24, 2.45) is 0 Å². The molecule has 0 aliphatic carbocycles. The molecule has 0 amide bonds. The second kappa shape index (κ2) is 4.65. The molecule has 0 unspecified atom stereocenters. The average Bonchev–Trinajstić information content (AvgIpc) is 2.81. The lowest BCUT2D eigenvalue weighted by Gasteiger charge is -2.06. The third-order valence-corrected chi connectivity index (χ3v) is 2.98. The second-order valence-electron chi connectivity index (χ2n) is 3.11. The van der Waals surface area contributed by atoms with Crippen molar-refractivity contribution in [2.75, 3.05) is 7.11 Å². The lowest BCUT2D eigenvalue weighted by molar-refractivity contribution is 0.0600. The highest BCUT2D eigenvalue weighted by molar-refractivity contribution is 14.1. The molecule has 0 atom stereocenters. The first-order chi connectivity index (χ1) is 7.72. The molecule has 1 aromatic carbocycles. The van der Waals surface area contributed by atoms with Crippen LogP contribution in [0.3, 0.4) is 0 Å². The number of hydrogen-bond acceptors (Lipinski definition) is 3. The van der Waals surface area contributed by atoms with Gasteiger partial charge in [0.1, 0.15) is 0 Å². The highest BCUT2D eigenvalue weighted by atomic mass is 127. The van der Waals surface area contributed by atoms with Gasteiger partial charge >= 0.3 is 5.97 Å². The molecule has 4 nitrogen and oxygen atoms in total. The molecule has 0 aliphatic rings. The van der Waals surface area contributed by atoms with Crippen LogP contribution < -0.4 is 0 Å². The minimum absolute atomic E-state index is 0.329. The van der Waals surface area contributed by atoms with E-state index in [1.165, 1.54) is 7.11 Å². The van der Waals surface area contributed by atoms with Gasteiger partial charge in [-0.3, -0.25) is 0 Å². The Labute approximate surface area is 106 Å². The van der Waals surface area contributed by atoms with Gasteiger partial charge in [0.2, 0.25) is 0 Å². The number of aromatic nitrogens is 2. The summed E-state index contributed by atoms with van der Waals surface area (Å²) in [6.45, 7) is 0. The van der Waals surface area contributed by atoms with E-state index in [2.05, 4.69) is 32.4 Å². The first kappa shape index (κ1) is 11.1. The van der Waals surface area contributed by atoms with Gasteiger partial charge < -0.3 is 4.74 Å². The van der Waals surface area contributed by atoms with Gasteiger partial charge in [-0.05, 0) is 46.9 Å². The van der Waals surface area contributed by atoms with E-state index < -0.39 is 0 Å². The van der Waals surface area contributed by atoms with Crippen LogP contribution >= 0.6 is 22.6 Å². The van der Waals surface area contributed by atoms with E-state index in [0.717, 1.165) is 9.26 Å². The SMILES string of the molecule is COC(=O)c1ccc(-n2cccn2)c(I)c1. The summed E-state index contributed by atoms with van der Waals surface area (Å²) in [4.78, 5) is 11.3. The highest BCUT2D eigenvalue weighted by Crippen LogP contribution is 2.18. The number of ether oxygens (including phenoxy) is 1. The molecular formula is C11H9IN2O2. The van der Waals surface area contributed by atoms with Crippen molar-refractivity contribution < 1.29 is 9.53 Å². The molecule has 1 aromatic heterocycles. The molecule has 82 valence electrons. The fourth-order valence-corrected chi connectivity index (χ4v) is 2.11. The largest absolute Gasteiger partial charge is 0.465 e. The average molecular weight is 328 g/mol. The van der Waals surface area contributed by atoms with Gasteiger partial charge in [0.25, 0.3) is 0 Å². The van der Waals surface area contributed by atoms with Gasteiger partial charge in [-0.25, -0.2) is 9.48 Å². The van der Waals surface area contributed by atoms with Gasteiger partial charge in [-0.1, -0.05) is 0 Å². The van der Waals surface area contributed by atoms with E-state index in [0.29, 0.717) is 5.56 Å². The van der Waals surface area contributed by atoms with E-state index in [1.54, 1.807) is 23.0 Å². The monoisotopic (exact) mass is 328 g/mol. The van der Waals surface area contributed by atoms with Crippen LogP contribution in [0.1, 0.15) is 10.4 Å². The molecule has 1 heterocycles. The Morgan fingerprint density at radius 2 is 2.31 bits per heavy atom. The topological polar surface area (TPSA) is 44.1 Å². The number of benzene rings is 1. The van der Waals surface area contributed by atoms with Gasteiger partial charge in [0, 0.05) is 16.0 Å². The van der Waals surface area contributed by atoms with E-state index in [4.69, 9.17) is 0 Å². The van der Waals surface area contributed by atoms with Gasteiger partial charge in [-0.15, -0.1) is 0 Å². The van der Waals surface area contributed by atoms with Crippen LogP contribution in [0.5, 0.6) is 0 Å². The maximum absolute atomic E-state index is 11.3. The Morgan fingerprint density at radius 1 is 1.50 bits per heavy atom. The molecular weight excluding hydrogens is 319 g/mol. The fourth-order valence-electron chi connectivity index (χ4n) is 1.35. The Morgan fingerprint density at radius 3 is 2.88 bits per heavy atom. The minimum atomic E-state index is -0.329. The lowest BCUT2D eigenvalue weighted by Crippen LogP contribution is -2.04. The third kappa shape index (κ3) is 2.08. The number of carbonyl (C=O) groups is 1. The molecule has 0 N–H and O–H groups in total. The van der Waals surface area contributed by atoms with Gasteiger partial charge in [0.05, 0.1) is 18.4 Å². The van der Waals surface area contributed by atoms with Crippen molar-refractivity contribution in [1.29, 1.82) is 0 Å². The number of rotatable bonds is 2. The highest BCUT2D eigenvalue weighted by Gasteiger charge is 2.09. The van der Waals surface area contributed by atoms with Crippen LogP contribution in [0.4, 0.5) is 0 Å². The standard InChI is InChI=1S/C11H9IN2O2/c1-16-11(15)8-3-4-10(9(12)7-8)14-6-2-5-13-14/h2-7H,1H3. The summed E-state index contributed by atoms with van der Waals surface area (Å²) in [6.07, 6.45) is 3.57. The van der Waals surface area contributed by atoms with Gasteiger partial charge in [-0.2, -0.15) is 5.10 Å². The summed E-state index contributed by atoms with van der Waals surface area (Å²) in [5, 5.41) is 4.14. The van der Waals surface area contributed by atoms with Crippen LogP contribution in [0.15, 0.2) is 36.7 Å². The van der Waals surface area contributed by atoms with Crippen LogP contribution in [-0.2, 0) is 4.74 Å². The van der Waals surface area contributed by atoms with E-state index in [-0.39, 0.29) is 5.97 Å². The van der Waals surface area contributed by atoms with Crippen LogP contribution in [0.25, 0.3) is 5.69 Å². The first-order valence-corrected chi connectivity index (χ1v) is 5.68. The van der Waals surface area contributed by atoms with Crippen molar-refractivity contribution in [3.8, 4) is 5.69 Å². The maximum Gasteiger partial charge on any atom is 0.337 e. The molecule has 16 heavy (non-hydrogen) atoms. The summed E-state index contributed by atoms with van der Waals surface area (Å²) in [5.74, 6) is -0.329. The zero-order valence-electron chi connectivity index (χ0n) is 8.55. The second-order valence-corrected chi connectivity index (χ2v) is 4.27. The molecule has 0 spiro atoms. The van der Waals surface area contributed by atoms with Crippen LogP contribution in [-0.4, -0.2) is 22.9 Å². The molecule has 0 bridgehead atoms. The number of carbonyl (C=O) groups excluding carboxylic acids is 1. The predicted octanol–water partition coefficient (Wildman–Crippen LogP) is 2.26. The Bertz CT molecular complexity index is 509. The van der Waals surface area contributed by atoms with Crippen molar-refractivity contribution in [3.63, 3.8) is 0 Å². The molecule has 2 rings (SSSR count). The Hall–Kier alpha value is -1.37. The Kier molecular flexibility index (Phi) is 3.23. The smallest absolute Gasteiger partial charge is 0.337 e. The van der Waals surface area contributed by atoms with Crippen molar-refractivity contribution in [1.82, 2.24) is 9.78 Å². The van der Waals surface area contributed by atoms with Crippen LogP contribution in [0.2, 0.25) is 0 Å². The maximum atomic E-state index is 11.3. The molecule has 5 heteroatoms. The summed E-state index contributed by atoms with van der Waals surface area (Å²) in [7, 11) is 1.37. The Balaban J connectivity index is 2.41. The molecule has 0 aliphatic heterocycles. The number of nitrogens with zero attached hydrogens (tertiary/aromatic N) is 2. The zero-order valence-corrected chi connectivity index (χ0v) is 10.7. The number of halogens is 1. The van der Waals surface area contributed by atoms with E-state index in [1.807, 2.05) is 18.3 Å². The minimum Gasteiger partial charge on any atom is -0.465 e. The van der Waals surface area contributed by atoms with Crippen molar-refractivity contribution in [3.05, 3.63) is 45.8 Å². The predicted molar refractivity (Wildman–Crippen MR) is 67.6 cm³/mol. The number of methoxy groups -OCH3 is 1. The molecule has 0 saturated carbocycles. The van der Waals surface area contributed by atoms with E-state index in [9.17, 15) is 4.79 Å². The normalized spacial score (nSPS) is 10.1. The number of hydrogen-bond donors (Lipinski definition) is 0. The first-order valence-electron chi connectivity index (χ1n) is 4.60. The summed E-state index contributed by atoms with van der Waals surface area (Å²) in [5.41, 5.74) is 1.49. The zero-order chi connectivity index (χ0) is 11.5. The molecule has 0 radical (unpaired) electrons. The fraction of sp³-hybridized carbons (Fsp3) is 0.0909. The summed E-state index contributed by atoms with van der Waals surface area (Å²) >= 11 is 2.17. The van der Waals surface area contributed by atoms with Gasteiger partial charge in [0.15, 0.2) is 0 Å². The quantitative estimate of drug-likeness (QED) is 0.627. The van der Waals surface area contributed by atoms with E-state index >= 15 is 0 Å². The summed E-state index contributed by atoms with van der Waals surface area (Å²) < 4.78 is 7.36. The van der Waals surface area contributed by atoms with Crippen molar-refractivity contribution >= 4 is 28.6 Å². The number of esters is 1. The molecule has 0 saturated heterocycles.